The van der Waals surface area contributed by atoms with E-state index in [0.29, 0.717) is 6.16 Å². The van der Waals surface area contributed by atoms with Gasteiger partial charge in [0.15, 0.2) is 0 Å². The third-order valence-corrected chi connectivity index (χ3v) is 36.6. The van der Waals surface area contributed by atoms with Crippen molar-refractivity contribution in [3.63, 3.8) is 0 Å². The van der Waals surface area contributed by atoms with Gasteiger partial charge in [0, 0.05) is 0 Å². The molecule has 1 aromatic carbocycles. The second-order valence-electron chi connectivity index (χ2n) is 26.1. The molecule has 0 spiro atoms. The van der Waals surface area contributed by atoms with E-state index in [1.165, 1.54) is 363 Å². The molecule has 0 saturated heterocycles. The minimum absolute atomic E-state index is 0.462. The van der Waals surface area contributed by atoms with Crippen LogP contribution in [0, 0.1) is 0 Å². The molecule has 0 saturated carbocycles. The minimum atomic E-state index is -3.73. The van der Waals surface area contributed by atoms with Gasteiger partial charge in [-0.2, -0.15) is 0 Å². The second-order valence-corrected chi connectivity index (χ2v) is 39.9. The Hall–Kier alpha value is 0.230. The van der Waals surface area contributed by atoms with Gasteiger partial charge >= 0.3 is 489 Å². The fourth-order valence-electron chi connectivity index (χ4n) is 13.6. The van der Waals surface area contributed by atoms with E-state index in [-0.39, 0.29) is 0 Å². The number of hydrogen-bond acceptors (Lipinski definition) is 3. The molecule has 0 aliphatic carbocycles. The molecule has 0 heterocycles. The summed E-state index contributed by atoms with van der Waals surface area (Å²) in [5.41, 5.74) is 1.18. The predicted molar refractivity (Wildman–Crippen MR) is 360 cm³/mol. The van der Waals surface area contributed by atoms with Crippen LogP contribution in [0.2, 0.25) is 0 Å². The van der Waals surface area contributed by atoms with Crippen molar-refractivity contribution >= 4 is 21.3 Å². The van der Waals surface area contributed by atoms with E-state index < -0.39 is 21.3 Å². The average molecular weight is 1140 g/mol. The number of benzene rings is 1. The first-order chi connectivity index (χ1) is 37.6. The zero-order valence-corrected chi connectivity index (χ0v) is 56.9. The maximum absolute atomic E-state index is 18.0. The van der Waals surface area contributed by atoms with Gasteiger partial charge in [-0.05, 0) is 0 Å². The molecular formula is C71H143O3P3. The summed E-state index contributed by atoms with van der Waals surface area (Å²) in [5.74, 6) is 0. The standard InChI is InChI=1S/C71H143O3P3/c1-9-17-25-33-41-52-62-76(63-53-42-34-26-18-10-2,64-54-43-35-27-19-11-3,65-55-44-36-28-20-12-4)73-75(72,70-71-60-50-49-51-61-71)74-77(66-56-45-37-29-21-13-5,67-57-46-38-30-22-14-6,68-58-47-39-31-23-15-7)69-59-48-40-32-24-16-8/h49-51,60-61H,9-48,52-59,62-70H2,1-8H3. The summed E-state index contributed by atoms with van der Waals surface area (Å²) >= 11 is 0. The van der Waals surface area contributed by atoms with Crippen LogP contribution < -0.4 is 0 Å². The van der Waals surface area contributed by atoms with E-state index in [0.717, 1.165) is 0 Å². The Morgan fingerprint density at radius 3 is 0.610 bits per heavy atom. The Balaban J connectivity index is 4.52. The van der Waals surface area contributed by atoms with Crippen LogP contribution in [0.4, 0.5) is 0 Å². The van der Waals surface area contributed by atoms with Crippen LogP contribution in [0.15, 0.2) is 30.3 Å². The molecule has 0 aliphatic rings. The zero-order valence-electron chi connectivity index (χ0n) is 54.3. The number of rotatable bonds is 62. The van der Waals surface area contributed by atoms with Crippen molar-refractivity contribution in [1.82, 2.24) is 0 Å². The normalized spacial score (nSPS) is 14.1. The zero-order chi connectivity index (χ0) is 56.2. The SMILES string of the molecule is CCCCCCCCP(CCCCCCCC)(CCCCCCCC)(CCCCCCCC)OP(=O)(Cc1ccccc1)OP(CCCCCCCC)(CCCCCCCC)(CCCCCCCC)CCCCCCCC. The Morgan fingerprint density at radius 1 is 0.260 bits per heavy atom. The fraction of sp³-hybridized carbons (Fsp3) is 0.915. The van der Waals surface area contributed by atoms with E-state index >= 15 is 4.57 Å². The molecule has 0 fully saturated rings. The van der Waals surface area contributed by atoms with Crippen LogP contribution >= 0.6 is 21.3 Å². The molecule has 0 atom stereocenters. The summed E-state index contributed by atoms with van der Waals surface area (Å²) in [6, 6.07) is 11.2. The topological polar surface area (TPSA) is 35.5 Å². The molecule has 460 valence electrons. The predicted octanol–water partition coefficient (Wildman–Crippen LogP) is 27.2. The van der Waals surface area contributed by atoms with E-state index in [1.807, 2.05) is 0 Å². The van der Waals surface area contributed by atoms with E-state index in [2.05, 4.69) is 85.7 Å². The molecule has 0 amide bonds. The van der Waals surface area contributed by atoms with Gasteiger partial charge in [-0.3, -0.25) is 0 Å². The molecule has 77 heavy (non-hydrogen) atoms. The van der Waals surface area contributed by atoms with Crippen molar-refractivity contribution in [2.45, 2.75) is 370 Å². The van der Waals surface area contributed by atoms with Gasteiger partial charge in [0.05, 0.1) is 0 Å². The molecular weight excluding hydrogens is 994 g/mol. The van der Waals surface area contributed by atoms with Crippen LogP contribution in [0.5, 0.6) is 0 Å². The molecule has 0 bridgehead atoms. The van der Waals surface area contributed by atoms with Crippen LogP contribution in [0.3, 0.4) is 0 Å². The molecule has 6 heteroatoms. The maximum atomic E-state index is 18.0. The molecule has 1 aromatic rings. The summed E-state index contributed by atoms with van der Waals surface area (Å²) < 4.78 is 35.5. The fourth-order valence-corrected chi connectivity index (χ4v) is 34.2. The Labute approximate surface area is 486 Å². The molecule has 1 rings (SSSR count). The van der Waals surface area contributed by atoms with Crippen LogP contribution in [0.1, 0.15) is 369 Å². The number of hydrogen-bond donors (Lipinski definition) is 0. The molecule has 0 aliphatic heterocycles. The average Bonchev–Trinajstić information content (AvgIpc) is 3.44. The van der Waals surface area contributed by atoms with Gasteiger partial charge in [0.25, 0.3) is 0 Å². The van der Waals surface area contributed by atoms with Crippen molar-refractivity contribution in [3.8, 4) is 0 Å². The summed E-state index contributed by atoms with van der Waals surface area (Å²) in [6.45, 7) is 12.6. The van der Waals surface area contributed by atoms with Gasteiger partial charge in [-0.25, -0.2) is 0 Å². The monoisotopic (exact) mass is 1140 g/mol. The van der Waals surface area contributed by atoms with Crippen molar-refractivity contribution in [1.29, 1.82) is 0 Å². The second kappa shape index (κ2) is 49.6. The first kappa shape index (κ1) is 75.2. The molecule has 0 unspecified atom stereocenters. The van der Waals surface area contributed by atoms with Crippen LogP contribution in [-0.4, -0.2) is 49.3 Å². The summed E-state index contributed by atoms with van der Waals surface area (Å²) in [4.78, 5) is 0. The van der Waals surface area contributed by atoms with Gasteiger partial charge in [0.2, 0.25) is 0 Å². The Bertz CT molecular complexity index is 1210. The van der Waals surface area contributed by atoms with Crippen molar-refractivity contribution < 1.29 is 13.2 Å². The Kier molecular flexibility index (Phi) is 48.5. The van der Waals surface area contributed by atoms with Crippen LogP contribution in [-0.2, 0) is 19.3 Å². The summed E-state index contributed by atoms with van der Waals surface area (Å²) in [5, 5.41) is 0. The van der Waals surface area contributed by atoms with Crippen molar-refractivity contribution in [2.75, 3.05) is 49.3 Å². The summed E-state index contributed by atoms with van der Waals surface area (Å²) in [7, 11) is -3.73. The van der Waals surface area contributed by atoms with Crippen molar-refractivity contribution in [3.05, 3.63) is 35.9 Å². The summed E-state index contributed by atoms with van der Waals surface area (Å²) in [6.07, 6.45) is 72.6. The van der Waals surface area contributed by atoms with Gasteiger partial charge < -0.3 is 0 Å². The first-order valence-corrected chi connectivity index (χ1v) is 43.2. The molecule has 0 aromatic heterocycles. The molecule has 3 nitrogen and oxygen atoms in total. The van der Waals surface area contributed by atoms with Gasteiger partial charge in [-0.1, -0.05) is 0 Å². The van der Waals surface area contributed by atoms with Crippen molar-refractivity contribution in [2.24, 2.45) is 0 Å². The Morgan fingerprint density at radius 2 is 0.429 bits per heavy atom. The quantitative estimate of drug-likeness (QED) is 0.0482. The molecule has 0 radical (unpaired) electrons. The number of unbranched alkanes of at least 4 members (excludes halogenated alkanes) is 40. The van der Waals surface area contributed by atoms with E-state index in [4.69, 9.17) is 8.62 Å². The third kappa shape index (κ3) is 36.5. The van der Waals surface area contributed by atoms with Crippen LogP contribution in [0.25, 0.3) is 0 Å². The third-order valence-electron chi connectivity index (χ3n) is 18.5. The molecule has 0 N–H and O–H groups in total. The van der Waals surface area contributed by atoms with Gasteiger partial charge in [-0.15, -0.1) is 0 Å². The van der Waals surface area contributed by atoms with Gasteiger partial charge in [0.1, 0.15) is 0 Å². The van der Waals surface area contributed by atoms with E-state index in [9.17, 15) is 0 Å². The van der Waals surface area contributed by atoms with E-state index in [1.54, 1.807) is 0 Å². The first-order valence-electron chi connectivity index (χ1n) is 35.7.